The molecule has 6 nitrogen and oxygen atoms in total. The van der Waals surface area contributed by atoms with Gasteiger partial charge in [-0.1, -0.05) is 0 Å². The van der Waals surface area contributed by atoms with Crippen molar-refractivity contribution in [1.29, 1.82) is 0 Å². The van der Waals surface area contributed by atoms with Crippen molar-refractivity contribution in [2.45, 2.75) is 13.0 Å². The Labute approximate surface area is 94.9 Å². The highest BCUT2D eigenvalue weighted by molar-refractivity contribution is 5.75. The van der Waals surface area contributed by atoms with Crippen LogP contribution in [0.15, 0.2) is 12.4 Å². The third kappa shape index (κ3) is 4.22. The van der Waals surface area contributed by atoms with Crippen LogP contribution in [0, 0.1) is 0 Å². The van der Waals surface area contributed by atoms with Gasteiger partial charge < -0.3 is 11.1 Å². The van der Waals surface area contributed by atoms with E-state index in [2.05, 4.69) is 15.3 Å². The summed E-state index contributed by atoms with van der Waals surface area (Å²) in [6.45, 7) is 1.34. The third-order valence-corrected chi connectivity index (χ3v) is 2.16. The number of carbonyl (C=O) groups is 1. The standard InChI is InChI=1S/C10H17N5O/c1-12-10(16)3-4-15(2)7-8-5-14-9(11)6-13-8/h5-6H,3-4,7H2,1-2H3,(H2,11,14)(H,12,16). The van der Waals surface area contributed by atoms with Crippen LogP contribution >= 0.6 is 0 Å². The van der Waals surface area contributed by atoms with E-state index in [9.17, 15) is 4.79 Å². The molecule has 3 N–H and O–H groups in total. The molecule has 0 saturated heterocycles. The molecule has 0 unspecified atom stereocenters. The predicted octanol–water partition coefficient (Wildman–Crippen LogP) is -0.373. The molecule has 0 aromatic carbocycles. The van der Waals surface area contributed by atoms with E-state index in [4.69, 9.17) is 5.73 Å². The Bertz CT molecular complexity index is 338. The molecule has 1 rings (SSSR count). The fraction of sp³-hybridized carbons (Fsp3) is 0.500. The maximum absolute atomic E-state index is 11.0. The van der Waals surface area contributed by atoms with Crippen LogP contribution in [0.2, 0.25) is 0 Å². The van der Waals surface area contributed by atoms with E-state index >= 15 is 0 Å². The lowest BCUT2D eigenvalue weighted by molar-refractivity contribution is -0.120. The predicted molar refractivity (Wildman–Crippen MR) is 61.5 cm³/mol. The first-order chi connectivity index (χ1) is 7.61. The van der Waals surface area contributed by atoms with E-state index in [0.717, 1.165) is 5.69 Å². The van der Waals surface area contributed by atoms with Crippen molar-refractivity contribution in [1.82, 2.24) is 20.2 Å². The summed E-state index contributed by atoms with van der Waals surface area (Å²) in [6.07, 6.45) is 3.66. The number of nitrogen functional groups attached to an aromatic ring is 1. The van der Waals surface area contributed by atoms with Gasteiger partial charge in [-0.2, -0.15) is 0 Å². The van der Waals surface area contributed by atoms with Crippen molar-refractivity contribution in [2.75, 3.05) is 26.4 Å². The van der Waals surface area contributed by atoms with Gasteiger partial charge >= 0.3 is 0 Å². The minimum Gasteiger partial charge on any atom is -0.382 e. The minimum absolute atomic E-state index is 0.0373. The summed E-state index contributed by atoms with van der Waals surface area (Å²) < 4.78 is 0. The lowest BCUT2D eigenvalue weighted by atomic mass is 10.3. The van der Waals surface area contributed by atoms with E-state index in [1.165, 1.54) is 6.20 Å². The Morgan fingerprint density at radius 2 is 2.25 bits per heavy atom. The molecular formula is C10H17N5O. The molecule has 1 aromatic heterocycles. The van der Waals surface area contributed by atoms with Gasteiger partial charge in [-0.05, 0) is 7.05 Å². The molecule has 0 aliphatic carbocycles. The van der Waals surface area contributed by atoms with Crippen molar-refractivity contribution in [3.8, 4) is 0 Å². The first kappa shape index (κ1) is 12.4. The Morgan fingerprint density at radius 3 is 2.81 bits per heavy atom. The van der Waals surface area contributed by atoms with Crippen LogP contribution in [0.3, 0.4) is 0 Å². The average molecular weight is 223 g/mol. The second-order valence-corrected chi connectivity index (χ2v) is 3.59. The number of nitrogens with one attached hydrogen (secondary N) is 1. The lowest BCUT2D eigenvalue weighted by Gasteiger charge is -2.15. The van der Waals surface area contributed by atoms with Gasteiger partial charge in [-0.3, -0.25) is 14.7 Å². The third-order valence-electron chi connectivity index (χ3n) is 2.16. The van der Waals surface area contributed by atoms with Crippen LogP contribution in [0.4, 0.5) is 5.82 Å². The molecular weight excluding hydrogens is 206 g/mol. The number of aromatic nitrogens is 2. The van der Waals surface area contributed by atoms with E-state index in [0.29, 0.717) is 25.3 Å². The van der Waals surface area contributed by atoms with Gasteiger partial charge in [-0.15, -0.1) is 0 Å². The normalized spacial score (nSPS) is 10.4. The number of hydrogen-bond acceptors (Lipinski definition) is 5. The van der Waals surface area contributed by atoms with Gasteiger partial charge in [0.25, 0.3) is 0 Å². The second kappa shape index (κ2) is 6.02. The van der Waals surface area contributed by atoms with Gasteiger partial charge in [-0.25, -0.2) is 4.98 Å². The Balaban J connectivity index is 2.36. The van der Waals surface area contributed by atoms with Gasteiger partial charge in [0.15, 0.2) is 0 Å². The summed E-state index contributed by atoms with van der Waals surface area (Å²) in [5, 5.41) is 2.58. The van der Waals surface area contributed by atoms with Gasteiger partial charge in [0.05, 0.1) is 18.1 Å². The molecule has 0 aliphatic heterocycles. The largest absolute Gasteiger partial charge is 0.382 e. The number of anilines is 1. The van der Waals surface area contributed by atoms with Crippen LogP contribution in [-0.2, 0) is 11.3 Å². The average Bonchev–Trinajstić information content (AvgIpc) is 2.29. The Kier molecular flexibility index (Phi) is 4.65. The Hall–Kier alpha value is -1.69. The molecule has 88 valence electrons. The molecule has 0 radical (unpaired) electrons. The van der Waals surface area contributed by atoms with Crippen molar-refractivity contribution < 1.29 is 4.79 Å². The summed E-state index contributed by atoms with van der Waals surface area (Å²) in [5.74, 6) is 0.451. The van der Waals surface area contributed by atoms with Crippen molar-refractivity contribution in [2.24, 2.45) is 0 Å². The molecule has 0 bridgehead atoms. The lowest BCUT2D eigenvalue weighted by Crippen LogP contribution is -2.26. The monoisotopic (exact) mass is 223 g/mol. The smallest absolute Gasteiger partial charge is 0.221 e. The van der Waals surface area contributed by atoms with E-state index in [-0.39, 0.29) is 5.91 Å². The number of amides is 1. The molecule has 0 fully saturated rings. The Morgan fingerprint density at radius 1 is 1.50 bits per heavy atom. The van der Waals surface area contributed by atoms with Gasteiger partial charge in [0.2, 0.25) is 5.91 Å². The number of nitrogens with zero attached hydrogens (tertiary/aromatic N) is 3. The summed E-state index contributed by atoms with van der Waals surface area (Å²) in [5.41, 5.74) is 6.28. The van der Waals surface area contributed by atoms with Crippen LogP contribution in [0.25, 0.3) is 0 Å². The van der Waals surface area contributed by atoms with Crippen LogP contribution in [-0.4, -0.2) is 41.4 Å². The fourth-order valence-electron chi connectivity index (χ4n) is 1.22. The topological polar surface area (TPSA) is 84.1 Å². The fourth-order valence-corrected chi connectivity index (χ4v) is 1.22. The summed E-state index contributed by atoms with van der Waals surface area (Å²) in [7, 11) is 3.56. The van der Waals surface area contributed by atoms with Gasteiger partial charge in [0, 0.05) is 26.6 Å². The molecule has 0 saturated carbocycles. The summed E-state index contributed by atoms with van der Waals surface area (Å²) >= 11 is 0. The molecule has 1 aromatic rings. The SMILES string of the molecule is CNC(=O)CCN(C)Cc1cnc(N)cn1. The van der Waals surface area contributed by atoms with Crippen LogP contribution in [0.1, 0.15) is 12.1 Å². The maximum atomic E-state index is 11.0. The molecule has 0 aliphatic rings. The van der Waals surface area contributed by atoms with E-state index in [1.54, 1.807) is 13.2 Å². The minimum atomic E-state index is 0.0373. The van der Waals surface area contributed by atoms with Crippen LogP contribution in [0.5, 0.6) is 0 Å². The second-order valence-electron chi connectivity index (χ2n) is 3.59. The number of nitrogens with two attached hydrogens (primary N) is 1. The number of rotatable bonds is 5. The van der Waals surface area contributed by atoms with Gasteiger partial charge in [0.1, 0.15) is 5.82 Å². The molecule has 1 heterocycles. The zero-order chi connectivity index (χ0) is 12.0. The molecule has 16 heavy (non-hydrogen) atoms. The highest BCUT2D eigenvalue weighted by Gasteiger charge is 2.04. The number of carbonyl (C=O) groups excluding carboxylic acids is 1. The van der Waals surface area contributed by atoms with Crippen molar-refractivity contribution >= 4 is 11.7 Å². The summed E-state index contributed by atoms with van der Waals surface area (Å²) in [4.78, 5) is 21.1. The van der Waals surface area contributed by atoms with Crippen molar-refractivity contribution in [3.63, 3.8) is 0 Å². The number of hydrogen-bond donors (Lipinski definition) is 2. The highest BCUT2D eigenvalue weighted by atomic mass is 16.1. The first-order valence-corrected chi connectivity index (χ1v) is 5.07. The summed E-state index contributed by atoms with van der Waals surface area (Å²) in [6, 6.07) is 0. The molecule has 0 spiro atoms. The quantitative estimate of drug-likeness (QED) is 0.711. The van der Waals surface area contributed by atoms with Crippen LogP contribution < -0.4 is 11.1 Å². The first-order valence-electron chi connectivity index (χ1n) is 5.07. The maximum Gasteiger partial charge on any atom is 0.221 e. The molecule has 0 atom stereocenters. The van der Waals surface area contributed by atoms with E-state index in [1.807, 2.05) is 11.9 Å². The molecule has 6 heteroatoms. The van der Waals surface area contributed by atoms with E-state index < -0.39 is 0 Å². The zero-order valence-corrected chi connectivity index (χ0v) is 9.60. The highest BCUT2D eigenvalue weighted by Crippen LogP contribution is 2.00. The zero-order valence-electron chi connectivity index (χ0n) is 9.60. The molecule has 1 amide bonds. The van der Waals surface area contributed by atoms with Crippen molar-refractivity contribution in [3.05, 3.63) is 18.1 Å².